The Kier molecular flexibility index (Phi) is 3.09. The largest absolute Gasteiger partial charge is 0.480 e. The molecule has 1 saturated heterocycles. The Bertz CT molecular complexity index is 342. The van der Waals surface area contributed by atoms with Crippen LogP contribution >= 0.6 is 0 Å². The molecule has 6 nitrogen and oxygen atoms in total. The van der Waals surface area contributed by atoms with E-state index in [4.69, 9.17) is 0 Å². The summed E-state index contributed by atoms with van der Waals surface area (Å²) >= 11 is 0. The van der Waals surface area contributed by atoms with Crippen molar-refractivity contribution < 1.29 is 19.8 Å². The Hall–Kier alpha value is -1.14. The Balaban J connectivity index is 1.98. The van der Waals surface area contributed by atoms with Gasteiger partial charge in [-0.15, -0.1) is 0 Å². The number of carbonyl (C=O) groups is 2. The minimum atomic E-state index is -1.17. The summed E-state index contributed by atoms with van der Waals surface area (Å²) in [5.41, 5.74) is -1.17. The zero-order valence-corrected chi connectivity index (χ0v) is 9.77. The van der Waals surface area contributed by atoms with E-state index in [1.54, 1.807) is 6.92 Å². The van der Waals surface area contributed by atoms with Crippen LogP contribution < -0.4 is 10.6 Å². The predicted molar refractivity (Wildman–Crippen MR) is 59.3 cm³/mol. The van der Waals surface area contributed by atoms with Crippen LogP contribution in [0.1, 0.15) is 26.2 Å². The fourth-order valence-electron chi connectivity index (χ4n) is 2.25. The summed E-state index contributed by atoms with van der Waals surface area (Å²) in [5, 5.41) is 24.0. The van der Waals surface area contributed by atoms with Gasteiger partial charge in [-0.25, -0.2) is 4.79 Å². The lowest BCUT2D eigenvalue weighted by molar-refractivity contribution is -0.148. The van der Waals surface area contributed by atoms with E-state index in [2.05, 4.69) is 10.6 Å². The van der Waals surface area contributed by atoms with E-state index in [-0.39, 0.29) is 11.8 Å². The molecule has 0 radical (unpaired) electrons. The SMILES string of the molecule is CC(NC(=O)C1CC(O)CN1)(C(=O)O)C1CC1. The molecule has 4 N–H and O–H groups in total. The van der Waals surface area contributed by atoms with Gasteiger partial charge in [0.2, 0.25) is 5.91 Å². The molecule has 1 aliphatic heterocycles. The molecule has 0 bridgehead atoms. The number of amides is 1. The Labute approximate surface area is 99.4 Å². The smallest absolute Gasteiger partial charge is 0.329 e. The van der Waals surface area contributed by atoms with Crippen LogP contribution in [0, 0.1) is 5.92 Å². The number of hydrogen-bond acceptors (Lipinski definition) is 4. The van der Waals surface area contributed by atoms with Gasteiger partial charge < -0.3 is 20.8 Å². The number of aliphatic hydroxyl groups excluding tert-OH is 1. The summed E-state index contributed by atoms with van der Waals surface area (Å²) in [6.45, 7) is 1.93. The minimum Gasteiger partial charge on any atom is -0.480 e. The number of carboxylic acids is 1. The number of nitrogens with one attached hydrogen (secondary N) is 2. The molecule has 2 fully saturated rings. The molecule has 1 saturated carbocycles. The molecule has 3 unspecified atom stereocenters. The molecule has 0 aromatic carbocycles. The maximum absolute atomic E-state index is 11.9. The van der Waals surface area contributed by atoms with Crippen molar-refractivity contribution >= 4 is 11.9 Å². The molecule has 0 aromatic rings. The molecule has 3 atom stereocenters. The number of aliphatic carboxylic acids is 1. The van der Waals surface area contributed by atoms with E-state index in [0.29, 0.717) is 13.0 Å². The third-order valence-corrected chi connectivity index (χ3v) is 3.65. The van der Waals surface area contributed by atoms with Crippen molar-refractivity contribution in [2.75, 3.05) is 6.54 Å². The molecule has 2 rings (SSSR count). The minimum absolute atomic E-state index is 0.0234. The summed E-state index contributed by atoms with van der Waals surface area (Å²) in [5.74, 6) is -1.31. The standard InChI is InChI=1S/C11H18N2O4/c1-11(10(16)17,6-2-3-6)13-9(15)8-4-7(14)5-12-8/h6-8,12,14H,2-5H2,1H3,(H,13,15)(H,16,17). The van der Waals surface area contributed by atoms with Gasteiger partial charge in [0.15, 0.2) is 0 Å². The highest BCUT2D eigenvalue weighted by Gasteiger charge is 2.49. The van der Waals surface area contributed by atoms with Crippen molar-refractivity contribution in [1.82, 2.24) is 10.6 Å². The van der Waals surface area contributed by atoms with Crippen molar-refractivity contribution in [2.45, 2.75) is 43.9 Å². The van der Waals surface area contributed by atoms with Crippen LogP contribution in [0.15, 0.2) is 0 Å². The molecule has 1 amide bonds. The van der Waals surface area contributed by atoms with Crippen molar-refractivity contribution in [3.05, 3.63) is 0 Å². The van der Waals surface area contributed by atoms with E-state index in [1.807, 2.05) is 0 Å². The predicted octanol–water partition coefficient (Wildman–Crippen LogP) is -0.921. The Morgan fingerprint density at radius 2 is 2.06 bits per heavy atom. The number of aliphatic hydroxyl groups is 1. The third-order valence-electron chi connectivity index (χ3n) is 3.65. The van der Waals surface area contributed by atoms with Crippen LogP contribution in [0.3, 0.4) is 0 Å². The van der Waals surface area contributed by atoms with Gasteiger partial charge in [0, 0.05) is 6.54 Å². The first kappa shape index (κ1) is 12.3. The van der Waals surface area contributed by atoms with E-state index >= 15 is 0 Å². The van der Waals surface area contributed by atoms with Crippen LogP contribution in [0.4, 0.5) is 0 Å². The van der Waals surface area contributed by atoms with Gasteiger partial charge in [0.1, 0.15) is 5.54 Å². The van der Waals surface area contributed by atoms with Gasteiger partial charge in [0.25, 0.3) is 0 Å². The van der Waals surface area contributed by atoms with E-state index < -0.39 is 23.7 Å². The van der Waals surface area contributed by atoms with Gasteiger partial charge in [-0.2, -0.15) is 0 Å². The number of β-amino-alcohol motifs (C(OH)–C–C–N with tert-alkyl or cyclic N) is 1. The van der Waals surface area contributed by atoms with Crippen LogP contribution in [0.25, 0.3) is 0 Å². The molecular weight excluding hydrogens is 224 g/mol. The summed E-state index contributed by atoms with van der Waals surface area (Å²) in [4.78, 5) is 23.1. The lowest BCUT2D eigenvalue weighted by atomic mass is 9.95. The molecule has 0 aromatic heterocycles. The lowest BCUT2D eigenvalue weighted by Crippen LogP contribution is -2.57. The zero-order valence-electron chi connectivity index (χ0n) is 9.77. The van der Waals surface area contributed by atoms with Crippen LogP contribution in [0.2, 0.25) is 0 Å². The zero-order chi connectivity index (χ0) is 12.6. The second-order valence-corrected chi connectivity index (χ2v) is 5.12. The van der Waals surface area contributed by atoms with Crippen molar-refractivity contribution in [2.24, 2.45) is 5.92 Å². The molecule has 1 aliphatic carbocycles. The van der Waals surface area contributed by atoms with Crippen LogP contribution in [-0.4, -0.2) is 46.3 Å². The highest BCUT2D eigenvalue weighted by Crippen LogP contribution is 2.39. The molecule has 17 heavy (non-hydrogen) atoms. The van der Waals surface area contributed by atoms with Crippen molar-refractivity contribution in [1.29, 1.82) is 0 Å². The Morgan fingerprint density at radius 1 is 1.41 bits per heavy atom. The highest BCUT2D eigenvalue weighted by molar-refractivity contribution is 5.90. The quantitative estimate of drug-likeness (QED) is 0.511. The van der Waals surface area contributed by atoms with Gasteiger partial charge in [-0.3, -0.25) is 4.79 Å². The molecule has 1 heterocycles. The normalized spacial score (nSPS) is 31.9. The van der Waals surface area contributed by atoms with Gasteiger partial charge >= 0.3 is 5.97 Å². The van der Waals surface area contributed by atoms with Gasteiger partial charge in [0.05, 0.1) is 12.1 Å². The summed E-state index contributed by atoms with van der Waals surface area (Å²) < 4.78 is 0. The number of carboxylic acid groups (broad SMARTS) is 1. The van der Waals surface area contributed by atoms with Gasteiger partial charge in [-0.1, -0.05) is 0 Å². The monoisotopic (exact) mass is 242 g/mol. The second kappa shape index (κ2) is 4.27. The average Bonchev–Trinajstić information content (AvgIpc) is 3.01. The highest BCUT2D eigenvalue weighted by atomic mass is 16.4. The first-order valence-electron chi connectivity index (χ1n) is 5.90. The maximum Gasteiger partial charge on any atom is 0.329 e. The van der Waals surface area contributed by atoms with Crippen LogP contribution in [-0.2, 0) is 9.59 Å². The first-order valence-corrected chi connectivity index (χ1v) is 5.90. The fraction of sp³-hybridized carbons (Fsp3) is 0.818. The number of rotatable bonds is 4. The summed E-state index contributed by atoms with van der Waals surface area (Å²) in [7, 11) is 0. The van der Waals surface area contributed by atoms with Crippen molar-refractivity contribution in [3.63, 3.8) is 0 Å². The van der Waals surface area contributed by atoms with Crippen molar-refractivity contribution in [3.8, 4) is 0 Å². The first-order chi connectivity index (χ1) is 7.93. The molecule has 6 heteroatoms. The molecular formula is C11H18N2O4. The summed E-state index contributed by atoms with van der Waals surface area (Å²) in [6, 6.07) is -0.484. The molecule has 2 aliphatic rings. The maximum atomic E-state index is 11.9. The average molecular weight is 242 g/mol. The molecule has 0 spiro atoms. The molecule has 96 valence electrons. The number of hydrogen-bond donors (Lipinski definition) is 4. The van der Waals surface area contributed by atoms with Gasteiger partial charge in [-0.05, 0) is 32.1 Å². The van der Waals surface area contributed by atoms with E-state index in [1.165, 1.54) is 0 Å². The summed E-state index contributed by atoms with van der Waals surface area (Å²) in [6.07, 6.45) is 1.49. The topological polar surface area (TPSA) is 98.7 Å². The lowest BCUT2D eigenvalue weighted by Gasteiger charge is -2.27. The van der Waals surface area contributed by atoms with Crippen LogP contribution in [0.5, 0.6) is 0 Å². The second-order valence-electron chi connectivity index (χ2n) is 5.12. The fourth-order valence-corrected chi connectivity index (χ4v) is 2.25. The third kappa shape index (κ3) is 2.42. The van der Waals surface area contributed by atoms with E-state index in [9.17, 15) is 19.8 Å². The Morgan fingerprint density at radius 3 is 2.47 bits per heavy atom. The van der Waals surface area contributed by atoms with E-state index in [0.717, 1.165) is 12.8 Å². The number of carbonyl (C=O) groups excluding carboxylic acids is 1.